The second-order valence-electron chi connectivity index (χ2n) is 8.02. The number of imidazole rings is 1. The molecule has 0 fully saturated rings. The van der Waals surface area contributed by atoms with E-state index in [4.69, 9.17) is 4.98 Å². The van der Waals surface area contributed by atoms with Crippen LogP contribution in [0.3, 0.4) is 0 Å². The van der Waals surface area contributed by atoms with Crippen molar-refractivity contribution in [3.05, 3.63) is 113 Å². The lowest BCUT2D eigenvalue weighted by Crippen LogP contribution is -2.14. The first-order valence-corrected chi connectivity index (χ1v) is 10.9. The van der Waals surface area contributed by atoms with E-state index in [0.29, 0.717) is 11.2 Å². The van der Waals surface area contributed by atoms with Gasteiger partial charge in [-0.2, -0.15) is 5.26 Å². The fourth-order valence-electron chi connectivity index (χ4n) is 4.36. The van der Waals surface area contributed by atoms with E-state index in [9.17, 15) is 5.26 Å². The molecule has 0 spiro atoms. The van der Waals surface area contributed by atoms with E-state index >= 15 is 0 Å². The van der Waals surface area contributed by atoms with Crippen molar-refractivity contribution in [3.63, 3.8) is 0 Å². The van der Waals surface area contributed by atoms with Crippen molar-refractivity contribution in [2.24, 2.45) is 0 Å². The highest BCUT2D eigenvalue weighted by atomic mass is 15.1. The first kappa shape index (κ1) is 19.8. The Morgan fingerprint density at radius 3 is 2.25 bits per heavy atom. The van der Waals surface area contributed by atoms with Crippen molar-refractivity contribution in [1.29, 1.82) is 5.26 Å². The van der Waals surface area contributed by atoms with Crippen LogP contribution in [0.15, 0.2) is 84.9 Å². The molecule has 0 saturated heterocycles. The molecule has 0 atom stereocenters. The van der Waals surface area contributed by atoms with Gasteiger partial charge in [-0.1, -0.05) is 72.8 Å². The summed E-state index contributed by atoms with van der Waals surface area (Å²) < 4.78 is 2.13. The summed E-state index contributed by atoms with van der Waals surface area (Å²) in [4.78, 5) is 4.82. The number of aromatic nitrogens is 2. The lowest BCUT2D eigenvalue weighted by atomic mass is 9.97. The third-order valence-electron chi connectivity index (χ3n) is 6.01. The Morgan fingerprint density at radius 2 is 1.53 bits per heavy atom. The van der Waals surface area contributed by atoms with Crippen LogP contribution in [-0.2, 0) is 12.8 Å². The second kappa shape index (κ2) is 8.56. The van der Waals surface area contributed by atoms with E-state index in [2.05, 4.69) is 70.4 Å². The van der Waals surface area contributed by atoms with Gasteiger partial charge in [-0.3, -0.25) is 4.40 Å². The van der Waals surface area contributed by atoms with Crippen LogP contribution in [0.4, 0.5) is 5.82 Å². The number of rotatable bonds is 6. The summed E-state index contributed by atoms with van der Waals surface area (Å²) in [6.07, 6.45) is 1.66. The van der Waals surface area contributed by atoms with Crippen molar-refractivity contribution in [3.8, 4) is 6.07 Å². The quantitative estimate of drug-likeness (QED) is 0.374. The Morgan fingerprint density at radius 1 is 0.875 bits per heavy atom. The molecule has 0 bridgehead atoms. The van der Waals surface area contributed by atoms with Crippen molar-refractivity contribution >= 4 is 22.5 Å². The average Bonchev–Trinajstić information content (AvgIpc) is 3.21. The van der Waals surface area contributed by atoms with Gasteiger partial charge in [0.15, 0.2) is 5.65 Å². The van der Waals surface area contributed by atoms with E-state index < -0.39 is 0 Å². The summed E-state index contributed by atoms with van der Waals surface area (Å²) in [6.45, 7) is 2.83. The largest absolute Gasteiger partial charge is 0.371 e. The zero-order valence-corrected chi connectivity index (χ0v) is 18.0. The van der Waals surface area contributed by atoms with Crippen molar-refractivity contribution in [2.75, 3.05) is 11.9 Å². The van der Waals surface area contributed by atoms with E-state index in [-0.39, 0.29) is 0 Å². The Hall–Kier alpha value is -4.10. The predicted octanol–water partition coefficient (Wildman–Crippen LogP) is 5.91. The minimum atomic E-state index is 0.640. The molecular formula is C28H24N4. The fourth-order valence-corrected chi connectivity index (χ4v) is 4.36. The smallest absolute Gasteiger partial charge is 0.157 e. The highest BCUT2D eigenvalue weighted by molar-refractivity contribution is 5.86. The maximum Gasteiger partial charge on any atom is 0.157 e. The van der Waals surface area contributed by atoms with Crippen molar-refractivity contribution in [2.45, 2.75) is 19.8 Å². The molecule has 0 aliphatic rings. The van der Waals surface area contributed by atoms with Gasteiger partial charge in [0.05, 0.1) is 16.6 Å². The van der Waals surface area contributed by atoms with Crippen LogP contribution >= 0.6 is 0 Å². The minimum Gasteiger partial charge on any atom is -0.371 e. The van der Waals surface area contributed by atoms with Gasteiger partial charge in [0.25, 0.3) is 0 Å². The average molecular weight is 417 g/mol. The number of para-hydroxylation sites is 2. The number of nitrogens with zero attached hydrogens (tertiary/aromatic N) is 3. The van der Waals surface area contributed by atoms with Crippen molar-refractivity contribution in [1.82, 2.24) is 9.38 Å². The summed E-state index contributed by atoms with van der Waals surface area (Å²) in [6, 6.07) is 31.4. The number of fused-ring (bicyclic) bond motifs is 3. The molecule has 156 valence electrons. The SMILES string of the molecule is Cc1c(Cc2ccccc2)c(NCCc2ccccc2)n2c(nc3ccccc32)c1C#N. The first-order chi connectivity index (χ1) is 15.8. The van der Waals surface area contributed by atoms with Crippen LogP contribution in [0.1, 0.15) is 27.8 Å². The molecule has 5 rings (SSSR count). The molecule has 0 aliphatic carbocycles. The normalized spacial score (nSPS) is 11.0. The van der Waals surface area contributed by atoms with Gasteiger partial charge >= 0.3 is 0 Å². The van der Waals surface area contributed by atoms with Gasteiger partial charge in [-0.05, 0) is 42.2 Å². The first-order valence-electron chi connectivity index (χ1n) is 10.9. The molecule has 0 radical (unpaired) electrons. The summed E-state index contributed by atoms with van der Waals surface area (Å²) in [5.41, 5.74) is 7.89. The lowest BCUT2D eigenvalue weighted by molar-refractivity contribution is 0.979. The number of hydrogen-bond acceptors (Lipinski definition) is 3. The summed E-state index contributed by atoms with van der Waals surface area (Å²) in [7, 11) is 0. The van der Waals surface area contributed by atoms with Crippen LogP contribution < -0.4 is 5.32 Å². The Balaban J connectivity index is 1.68. The zero-order chi connectivity index (χ0) is 21.9. The Labute approximate surface area is 187 Å². The number of pyridine rings is 1. The van der Waals surface area contributed by atoms with E-state index in [1.165, 1.54) is 11.1 Å². The number of nitrogens with one attached hydrogen (secondary N) is 1. The molecule has 3 aromatic carbocycles. The van der Waals surface area contributed by atoms with E-state index in [1.807, 2.05) is 37.3 Å². The minimum absolute atomic E-state index is 0.640. The van der Waals surface area contributed by atoms with Gasteiger partial charge in [-0.25, -0.2) is 4.98 Å². The third kappa shape index (κ3) is 3.59. The molecule has 0 aliphatic heterocycles. The molecular weight excluding hydrogens is 392 g/mol. The number of benzene rings is 3. The fraction of sp³-hybridized carbons (Fsp3) is 0.143. The van der Waals surface area contributed by atoms with Gasteiger partial charge in [-0.15, -0.1) is 0 Å². The standard InChI is InChI=1S/C28H24N4/c1-20-23(18-22-12-6-3-7-13-22)27(30-17-16-21-10-4-2-5-11-21)32-26-15-9-8-14-25(26)31-28(32)24(20)19-29/h2-15,30H,16-18H2,1H3. The molecule has 2 heterocycles. The molecule has 0 unspecified atom stereocenters. The Bertz CT molecular complexity index is 1430. The molecule has 2 aromatic heterocycles. The highest BCUT2D eigenvalue weighted by Crippen LogP contribution is 2.32. The van der Waals surface area contributed by atoms with Gasteiger partial charge in [0, 0.05) is 18.5 Å². The van der Waals surface area contributed by atoms with Crippen LogP contribution in [0.5, 0.6) is 0 Å². The molecule has 4 nitrogen and oxygen atoms in total. The van der Waals surface area contributed by atoms with Gasteiger partial charge < -0.3 is 5.32 Å². The molecule has 4 heteroatoms. The van der Waals surface area contributed by atoms with Crippen molar-refractivity contribution < 1.29 is 0 Å². The van der Waals surface area contributed by atoms with Crippen LogP contribution in [0.25, 0.3) is 16.7 Å². The monoisotopic (exact) mass is 416 g/mol. The topological polar surface area (TPSA) is 53.1 Å². The second-order valence-corrected chi connectivity index (χ2v) is 8.02. The highest BCUT2D eigenvalue weighted by Gasteiger charge is 2.20. The van der Waals surface area contributed by atoms with Crippen LogP contribution in [-0.4, -0.2) is 15.9 Å². The molecule has 5 aromatic rings. The maximum absolute atomic E-state index is 10.0. The third-order valence-corrected chi connectivity index (χ3v) is 6.01. The van der Waals surface area contributed by atoms with Crippen LogP contribution in [0, 0.1) is 18.3 Å². The number of anilines is 1. The predicted molar refractivity (Wildman–Crippen MR) is 130 cm³/mol. The Kier molecular flexibility index (Phi) is 5.31. The number of hydrogen-bond donors (Lipinski definition) is 1. The summed E-state index contributed by atoms with van der Waals surface area (Å²) in [5.74, 6) is 1.02. The molecule has 32 heavy (non-hydrogen) atoms. The molecule has 0 saturated carbocycles. The van der Waals surface area contributed by atoms with E-state index in [0.717, 1.165) is 47.4 Å². The maximum atomic E-state index is 10.0. The van der Waals surface area contributed by atoms with Gasteiger partial charge in [0.2, 0.25) is 0 Å². The van der Waals surface area contributed by atoms with Gasteiger partial charge in [0.1, 0.15) is 11.9 Å². The molecule has 0 amide bonds. The zero-order valence-electron chi connectivity index (χ0n) is 18.0. The van der Waals surface area contributed by atoms with Crippen LogP contribution in [0.2, 0.25) is 0 Å². The summed E-state index contributed by atoms with van der Waals surface area (Å²) >= 11 is 0. The molecule has 1 N–H and O–H groups in total. The lowest BCUT2D eigenvalue weighted by Gasteiger charge is -2.19. The number of nitriles is 1. The summed E-state index contributed by atoms with van der Waals surface area (Å²) in [5, 5.41) is 13.7. The van der Waals surface area contributed by atoms with E-state index in [1.54, 1.807) is 0 Å².